The molecule has 2 aliphatic rings. The van der Waals surface area contributed by atoms with E-state index in [1.807, 2.05) is 12.2 Å². The van der Waals surface area contributed by atoms with Crippen LogP contribution in [0.1, 0.15) is 0 Å². The summed E-state index contributed by atoms with van der Waals surface area (Å²) in [4.78, 5) is 0. The van der Waals surface area contributed by atoms with Crippen LogP contribution in [0.15, 0.2) is 24.3 Å². The summed E-state index contributed by atoms with van der Waals surface area (Å²) < 4.78 is 21.4. The lowest BCUT2D eigenvalue weighted by atomic mass is 10.1. The van der Waals surface area contributed by atoms with Crippen LogP contribution in [0.5, 0.6) is 0 Å². The Kier molecular flexibility index (Phi) is 2.45. The fourth-order valence-electron chi connectivity index (χ4n) is 1.57. The molecule has 0 bridgehead atoms. The van der Waals surface area contributed by atoms with Crippen molar-refractivity contribution in [3.05, 3.63) is 24.3 Å². The largest absolute Gasteiger partial charge is 0.346 e. The number of rotatable bonds is 2. The maximum absolute atomic E-state index is 5.46. The number of hydrogen-bond acceptors (Lipinski definition) is 4. The Morgan fingerprint density at radius 1 is 0.929 bits per heavy atom. The van der Waals surface area contributed by atoms with Gasteiger partial charge in [0.25, 0.3) is 0 Å². The third-order valence-corrected chi connectivity index (χ3v) is 2.47. The van der Waals surface area contributed by atoms with Crippen molar-refractivity contribution in [1.82, 2.24) is 0 Å². The molecule has 1 spiro atoms. The minimum absolute atomic E-state index is 0.613. The molecule has 1 fully saturated rings. The Labute approximate surface area is 83.1 Å². The van der Waals surface area contributed by atoms with Crippen LogP contribution in [-0.2, 0) is 18.9 Å². The topological polar surface area (TPSA) is 36.9 Å². The second kappa shape index (κ2) is 3.47. The Morgan fingerprint density at radius 2 is 1.43 bits per heavy atom. The van der Waals surface area contributed by atoms with Gasteiger partial charge >= 0.3 is 0 Å². The first-order chi connectivity index (χ1) is 6.74. The molecule has 0 radical (unpaired) electrons. The fraction of sp³-hybridized carbons (Fsp3) is 0.600. The predicted octanol–water partition coefficient (Wildman–Crippen LogP) is 0.845. The highest BCUT2D eigenvalue weighted by Crippen LogP contribution is 2.30. The molecule has 0 atom stereocenters. The molecule has 1 aliphatic carbocycles. The molecule has 1 heterocycles. The van der Waals surface area contributed by atoms with Gasteiger partial charge in [0.1, 0.15) is 0 Å². The van der Waals surface area contributed by atoms with E-state index in [0.717, 1.165) is 0 Å². The molecular formula is C10H14O4. The summed E-state index contributed by atoms with van der Waals surface area (Å²) >= 11 is 0. The maximum Gasteiger partial charge on any atom is 0.208 e. The minimum Gasteiger partial charge on any atom is -0.346 e. The molecule has 14 heavy (non-hydrogen) atoms. The van der Waals surface area contributed by atoms with Crippen molar-refractivity contribution in [2.24, 2.45) is 0 Å². The van der Waals surface area contributed by atoms with Crippen molar-refractivity contribution >= 4 is 0 Å². The second-order valence-corrected chi connectivity index (χ2v) is 3.21. The molecule has 1 aliphatic heterocycles. The van der Waals surface area contributed by atoms with Gasteiger partial charge in [0, 0.05) is 14.2 Å². The lowest BCUT2D eigenvalue weighted by molar-refractivity contribution is -0.144. The lowest BCUT2D eigenvalue weighted by Gasteiger charge is -2.31. The van der Waals surface area contributed by atoms with Crippen molar-refractivity contribution in [2.75, 3.05) is 27.4 Å². The molecule has 78 valence electrons. The molecule has 0 aromatic rings. The Hall–Kier alpha value is -0.680. The van der Waals surface area contributed by atoms with Crippen LogP contribution in [0, 0.1) is 0 Å². The van der Waals surface area contributed by atoms with E-state index in [0.29, 0.717) is 13.2 Å². The first-order valence-electron chi connectivity index (χ1n) is 4.53. The summed E-state index contributed by atoms with van der Waals surface area (Å²) in [6, 6.07) is 0. The molecule has 1 saturated heterocycles. The fourth-order valence-corrected chi connectivity index (χ4v) is 1.57. The molecule has 4 heteroatoms. The smallest absolute Gasteiger partial charge is 0.208 e. The zero-order valence-corrected chi connectivity index (χ0v) is 8.36. The lowest BCUT2D eigenvalue weighted by Crippen LogP contribution is -2.36. The maximum atomic E-state index is 5.46. The van der Waals surface area contributed by atoms with Gasteiger partial charge in [-0.05, 0) is 24.3 Å². The SMILES string of the molecule is COC1(OC)C=CC2(C=C1)OCCO2. The van der Waals surface area contributed by atoms with Crippen LogP contribution < -0.4 is 0 Å². The average Bonchev–Trinajstić information content (AvgIpc) is 2.69. The van der Waals surface area contributed by atoms with Crippen LogP contribution in [0.25, 0.3) is 0 Å². The zero-order valence-electron chi connectivity index (χ0n) is 8.36. The normalized spacial score (nSPS) is 27.3. The molecule has 2 rings (SSSR count). The van der Waals surface area contributed by atoms with E-state index in [1.54, 1.807) is 26.4 Å². The number of methoxy groups -OCH3 is 2. The highest BCUT2D eigenvalue weighted by Gasteiger charge is 2.37. The monoisotopic (exact) mass is 198 g/mol. The molecule has 0 N–H and O–H groups in total. The van der Waals surface area contributed by atoms with Gasteiger partial charge in [0.05, 0.1) is 13.2 Å². The number of ether oxygens (including phenoxy) is 4. The van der Waals surface area contributed by atoms with Crippen LogP contribution in [0.4, 0.5) is 0 Å². The Bertz CT molecular complexity index is 231. The van der Waals surface area contributed by atoms with Gasteiger partial charge in [0.2, 0.25) is 11.6 Å². The van der Waals surface area contributed by atoms with E-state index in [4.69, 9.17) is 18.9 Å². The summed E-state index contributed by atoms with van der Waals surface area (Å²) in [6.07, 6.45) is 7.20. The van der Waals surface area contributed by atoms with Gasteiger partial charge in [0.15, 0.2) is 0 Å². The standard InChI is InChI=1S/C10H14O4/c1-11-9(12-2)3-5-10(6-4-9)13-7-8-14-10/h3-6H,7-8H2,1-2H3. The van der Waals surface area contributed by atoms with E-state index < -0.39 is 11.6 Å². The van der Waals surface area contributed by atoms with Crippen LogP contribution >= 0.6 is 0 Å². The predicted molar refractivity (Wildman–Crippen MR) is 49.7 cm³/mol. The van der Waals surface area contributed by atoms with Crippen molar-refractivity contribution in [2.45, 2.75) is 11.6 Å². The molecule has 0 amide bonds. The van der Waals surface area contributed by atoms with Crippen molar-refractivity contribution in [1.29, 1.82) is 0 Å². The van der Waals surface area contributed by atoms with E-state index in [-0.39, 0.29) is 0 Å². The van der Waals surface area contributed by atoms with Crippen LogP contribution in [-0.4, -0.2) is 39.0 Å². The zero-order chi connectivity index (χ0) is 10.1. The first kappa shape index (κ1) is 9.86. The van der Waals surface area contributed by atoms with Crippen molar-refractivity contribution < 1.29 is 18.9 Å². The van der Waals surface area contributed by atoms with E-state index in [1.165, 1.54) is 0 Å². The van der Waals surface area contributed by atoms with Gasteiger partial charge in [-0.15, -0.1) is 0 Å². The van der Waals surface area contributed by atoms with Crippen molar-refractivity contribution in [3.8, 4) is 0 Å². The molecule has 4 nitrogen and oxygen atoms in total. The number of hydrogen-bond donors (Lipinski definition) is 0. The Balaban J connectivity index is 2.17. The summed E-state index contributed by atoms with van der Waals surface area (Å²) in [6.45, 7) is 1.23. The summed E-state index contributed by atoms with van der Waals surface area (Å²) in [5.41, 5.74) is 0. The minimum atomic E-state index is -0.777. The molecular weight excluding hydrogens is 184 g/mol. The van der Waals surface area contributed by atoms with Crippen LogP contribution in [0.3, 0.4) is 0 Å². The molecule has 0 aromatic carbocycles. The first-order valence-corrected chi connectivity index (χ1v) is 4.53. The highest BCUT2D eigenvalue weighted by atomic mass is 16.7. The van der Waals surface area contributed by atoms with E-state index in [2.05, 4.69) is 0 Å². The third kappa shape index (κ3) is 1.50. The highest BCUT2D eigenvalue weighted by molar-refractivity contribution is 5.25. The van der Waals surface area contributed by atoms with Crippen molar-refractivity contribution in [3.63, 3.8) is 0 Å². The van der Waals surface area contributed by atoms with Gasteiger partial charge in [-0.25, -0.2) is 0 Å². The van der Waals surface area contributed by atoms with Gasteiger partial charge in [-0.2, -0.15) is 0 Å². The van der Waals surface area contributed by atoms with Crippen LogP contribution in [0.2, 0.25) is 0 Å². The summed E-state index contributed by atoms with van der Waals surface area (Å²) in [7, 11) is 3.18. The summed E-state index contributed by atoms with van der Waals surface area (Å²) in [5, 5.41) is 0. The van der Waals surface area contributed by atoms with Gasteiger partial charge in [-0.3, -0.25) is 0 Å². The molecule has 0 unspecified atom stereocenters. The second-order valence-electron chi connectivity index (χ2n) is 3.21. The van der Waals surface area contributed by atoms with E-state index >= 15 is 0 Å². The Morgan fingerprint density at radius 3 is 1.86 bits per heavy atom. The van der Waals surface area contributed by atoms with Gasteiger partial charge < -0.3 is 18.9 Å². The van der Waals surface area contributed by atoms with E-state index in [9.17, 15) is 0 Å². The third-order valence-electron chi connectivity index (χ3n) is 2.47. The van der Waals surface area contributed by atoms with Gasteiger partial charge in [-0.1, -0.05) is 0 Å². The average molecular weight is 198 g/mol. The summed E-state index contributed by atoms with van der Waals surface area (Å²) in [5.74, 6) is -1.47. The molecule has 0 saturated carbocycles. The molecule has 0 aromatic heterocycles. The quantitative estimate of drug-likeness (QED) is 0.487.